The number of benzene rings is 1. The molecular formula is C23H27N. The molecule has 0 atom stereocenters. The molecule has 1 nitrogen and oxygen atoms in total. The quantitative estimate of drug-likeness (QED) is 0.551. The summed E-state index contributed by atoms with van der Waals surface area (Å²) in [5.74, 6) is 0. The highest BCUT2D eigenvalue weighted by atomic mass is 14.9. The second-order valence-corrected chi connectivity index (χ2v) is 5.33. The van der Waals surface area contributed by atoms with Crippen LogP contribution < -0.4 is 5.32 Å². The number of allylic oxidation sites excluding steroid dienone is 10. The Hall–Kier alpha value is -2.80. The SMILES string of the molecule is C=C/C=C(/C=C\C=C(\C)NCC(=C)/C=C\C=C/C)c1ccccc1. The van der Waals surface area contributed by atoms with Crippen molar-refractivity contribution in [1.29, 1.82) is 0 Å². The van der Waals surface area contributed by atoms with Gasteiger partial charge in [0.05, 0.1) is 0 Å². The van der Waals surface area contributed by atoms with E-state index in [2.05, 4.69) is 42.8 Å². The maximum absolute atomic E-state index is 4.02. The lowest BCUT2D eigenvalue weighted by molar-refractivity contribution is 0.886. The number of nitrogens with one attached hydrogen (secondary N) is 1. The lowest BCUT2D eigenvalue weighted by Crippen LogP contribution is -2.13. The highest BCUT2D eigenvalue weighted by Gasteiger charge is 1.94. The molecule has 1 rings (SSSR count). The normalized spacial score (nSPS) is 13.1. The first-order valence-corrected chi connectivity index (χ1v) is 8.11. The van der Waals surface area contributed by atoms with Crippen LogP contribution in [0.5, 0.6) is 0 Å². The highest BCUT2D eigenvalue weighted by molar-refractivity contribution is 5.75. The molecule has 0 fully saturated rings. The Balaban J connectivity index is 2.62. The van der Waals surface area contributed by atoms with Crippen molar-refractivity contribution < 1.29 is 0 Å². The van der Waals surface area contributed by atoms with Crippen LogP contribution in [0.15, 0.2) is 109 Å². The Morgan fingerprint density at radius 1 is 1.04 bits per heavy atom. The van der Waals surface area contributed by atoms with Crippen molar-refractivity contribution in [3.8, 4) is 0 Å². The molecule has 1 aromatic carbocycles. The van der Waals surface area contributed by atoms with Gasteiger partial charge < -0.3 is 5.32 Å². The van der Waals surface area contributed by atoms with Gasteiger partial charge in [-0.1, -0.05) is 92.1 Å². The maximum Gasteiger partial charge on any atom is 0.0391 e. The number of hydrogen-bond donors (Lipinski definition) is 1. The summed E-state index contributed by atoms with van der Waals surface area (Å²) >= 11 is 0. The van der Waals surface area contributed by atoms with E-state index in [4.69, 9.17) is 0 Å². The Kier molecular flexibility index (Phi) is 9.40. The van der Waals surface area contributed by atoms with Gasteiger partial charge in [-0.25, -0.2) is 0 Å². The van der Waals surface area contributed by atoms with E-state index in [0.717, 1.165) is 23.4 Å². The Morgan fingerprint density at radius 3 is 2.46 bits per heavy atom. The average molecular weight is 317 g/mol. The molecule has 1 aromatic rings. The fourth-order valence-electron chi connectivity index (χ4n) is 1.98. The van der Waals surface area contributed by atoms with Crippen LogP contribution in [0.2, 0.25) is 0 Å². The molecule has 0 heterocycles. The van der Waals surface area contributed by atoms with Crippen molar-refractivity contribution in [3.63, 3.8) is 0 Å². The predicted molar refractivity (Wildman–Crippen MR) is 109 cm³/mol. The second kappa shape index (κ2) is 11.7. The van der Waals surface area contributed by atoms with E-state index in [1.54, 1.807) is 0 Å². The zero-order valence-corrected chi connectivity index (χ0v) is 14.7. The highest BCUT2D eigenvalue weighted by Crippen LogP contribution is 2.15. The number of hydrogen-bond acceptors (Lipinski definition) is 1. The minimum atomic E-state index is 0.734. The van der Waals surface area contributed by atoms with Crippen LogP contribution in [0, 0.1) is 0 Å². The van der Waals surface area contributed by atoms with E-state index in [1.807, 2.05) is 74.6 Å². The van der Waals surface area contributed by atoms with Crippen LogP contribution in [-0.2, 0) is 0 Å². The van der Waals surface area contributed by atoms with Crippen molar-refractivity contribution >= 4 is 5.57 Å². The van der Waals surface area contributed by atoms with Gasteiger partial charge >= 0.3 is 0 Å². The first-order chi connectivity index (χ1) is 11.7. The second-order valence-electron chi connectivity index (χ2n) is 5.33. The Morgan fingerprint density at radius 2 is 1.79 bits per heavy atom. The van der Waals surface area contributed by atoms with Crippen LogP contribution in [-0.4, -0.2) is 6.54 Å². The Labute approximate surface area is 146 Å². The van der Waals surface area contributed by atoms with Gasteiger partial charge in [-0.15, -0.1) is 0 Å². The Bertz CT molecular complexity index is 667. The fraction of sp³-hybridized carbons (Fsp3) is 0.130. The molecule has 0 unspecified atom stereocenters. The molecule has 0 amide bonds. The molecule has 0 spiro atoms. The lowest BCUT2D eigenvalue weighted by Gasteiger charge is -2.05. The summed E-state index contributed by atoms with van der Waals surface area (Å²) in [6.07, 6.45) is 18.0. The largest absolute Gasteiger partial charge is 0.385 e. The first kappa shape index (κ1) is 19.2. The molecule has 124 valence electrons. The van der Waals surface area contributed by atoms with E-state index in [-0.39, 0.29) is 0 Å². The molecule has 0 aliphatic rings. The van der Waals surface area contributed by atoms with Gasteiger partial charge in [-0.2, -0.15) is 0 Å². The predicted octanol–water partition coefficient (Wildman–Crippen LogP) is 5.99. The third-order valence-electron chi connectivity index (χ3n) is 3.26. The van der Waals surface area contributed by atoms with Crippen LogP contribution in [0.1, 0.15) is 19.4 Å². The van der Waals surface area contributed by atoms with Crippen LogP contribution in [0.4, 0.5) is 0 Å². The molecule has 1 heteroatoms. The van der Waals surface area contributed by atoms with Crippen molar-refractivity contribution in [3.05, 3.63) is 115 Å². The molecule has 0 aliphatic heterocycles. The molecular weight excluding hydrogens is 290 g/mol. The minimum absolute atomic E-state index is 0.734. The first-order valence-electron chi connectivity index (χ1n) is 8.11. The summed E-state index contributed by atoms with van der Waals surface area (Å²) in [5, 5.41) is 3.35. The third-order valence-corrected chi connectivity index (χ3v) is 3.26. The molecule has 0 aromatic heterocycles. The smallest absolute Gasteiger partial charge is 0.0391 e. The standard InChI is InChI=1S/C23H27N/c1-5-7-9-14-20(3)19-24-21(4)15-12-18-22(13-6-2)23-16-10-8-11-17-23/h5-18,24H,2-3,19H2,1,4H3/b7-5-,14-9-,18-12-,21-15-,22-13-. The molecule has 1 N–H and O–H groups in total. The molecule has 24 heavy (non-hydrogen) atoms. The van der Waals surface area contributed by atoms with Gasteiger partial charge in [0.15, 0.2) is 0 Å². The van der Waals surface area contributed by atoms with Gasteiger partial charge in [0.1, 0.15) is 0 Å². The summed E-state index contributed by atoms with van der Waals surface area (Å²) in [4.78, 5) is 0. The van der Waals surface area contributed by atoms with Gasteiger partial charge in [0, 0.05) is 12.2 Å². The van der Waals surface area contributed by atoms with E-state index in [9.17, 15) is 0 Å². The zero-order chi connectivity index (χ0) is 17.6. The molecule has 0 saturated carbocycles. The van der Waals surface area contributed by atoms with Crippen molar-refractivity contribution in [2.24, 2.45) is 0 Å². The molecule has 0 aliphatic carbocycles. The van der Waals surface area contributed by atoms with E-state index >= 15 is 0 Å². The fourth-order valence-corrected chi connectivity index (χ4v) is 1.98. The topological polar surface area (TPSA) is 12.0 Å². The molecule has 0 saturated heterocycles. The summed E-state index contributed by atoms with van der Waals surface area (Å²) in [6, 6.07) is 10.3. The van der Waals surface area contributed by atoms with Crippen molar-refractivity contribution in [2.45, 2.75) is 13.8 Å². The molecule has 0 radical (unpaired) electrons. The lowest BCUT2D eigenvalue weighted by atomic mass is 10.1. The maximum atomic E-state index is 4.02. The average Bonchev–Trinajstić information content (AvgIpc) is 2.60. The molecule has 0 bridgehead atoms. The van der Waals surface area contributed by atoms with E-state index < -0.39 is 0 Å². The number of rotatable bonds is 9. The van der Waals surface area contributed by atoms with Crippen molar-refractivity contribution in [2.75, 3.05) is 6.54 Å². The van der Waals surface area contributed by atoms with Gasteiger partial charge in [-0.05, 0) is 36.6 Å². The van der Waals surface area contributed by atoms with Gasteiger partial charge in [0.2, 0.25) is 0 Å². The summed E-state index contributed by atoms with van der Waals surface area (Å²) in [7, 11) is 0. The van der Waals surface area contributed by atoms with Gasteiger partial charge in [0.25, 0.3) is 0 Å². The van der Waals surface area contributed by atoms with Gasteiger partial charge in [-0.3, -0.25) is 0 Å². The summed E-state index contributed by atoms with van der Waals surface area (Å²) in [6.45, 7) is 12.6. The third kappa shape index (κ3) is 8.00. The van der Waals surface area contributed by atoms with Crippen LogP contribution >= 0.6 is 0 Å². The summed E-state index contributed by atoms with van der Waals surface area (Å²) in [5.41, 5.74) is 4.45. The van der Waals surface area contributed by atoms with E-state index in [1.165, 1.54) is 5.56 Å². The van der Waals surface area contributed by atoms with Crippen LogP contribution in [0.25, 0.3) is 5.57 Å². The van der Waals surface area contributed by atoms with Crippen molar-refractivity contribution in [1.82, 2.24) is 5.32 Å². The monoisotopic (exact) mass is 317 g/mol. The summed E-state index contributed by atoms with van der Waals surface area (Å²) < 4.78 is 0. The minimum Gasteiger partial charge on any atom is -0.385 e. The zero-order valence-electron chi connectivity index (χ0n) is 14.7. The van der Waals surface area contributed by atoms with Crippen LogP contribution in [0.3, 0.4) is 0 Å². The van der Waals surface area contributed by atoms with E-state index in [0.29, 0.717) is 0 Å².